The van der Waals surface area contributed by atoms with Crippen LogP contribution in [0.4, 0.5) is 5.82 Å². The maximum atomic E-state index is 5.20. The molecule has 0 aromatic carbocycles. The quantitative estimate of drug-likeness (QED) is 0.633. The van der Waals surface area contributed by atoms with Gasteiger partial charge in [0.05, 0.1) is 13.2 Å². The average molecular weight is 295 g/mol. The van der Waals surface area contributed by atoms with Crippen LogP contribution in [-0.2, 0) is 16.0 Å². The van der Waals surface area contributed by atoms with Gasteiger partial charge in [0.2, 0.25) is 0 Å². The Morgan fingerprint density at radius 3 is 2.57 bits per heavy atom. The van der Waals surface area contributed by atoms with E-state index in [0.717, 1.165) is 38.5 Å². The van der Waals surface area contributed by atoms with Crippen molar-refractivity contribution in [2.75, 3.05) is 45.4 Å². The number of nitrogens with one attached hydrogen (secondary N) is 1. The van der Waals surface area contributed by atoms with Gasteiger partial charge in [-0.15, -0.1) is 0 Å². The summed E-state index contributed by atoms with van der Waals surface area (Å²) in [5, 5.41) is 3.32. The SMILES string of the molecule is CCC(C)N(CCOC)c1ccc(CNCCOC)cn1. The van der Waals surface area contributed by atoms with Crippen molar-refractivity contribution in [1.82, 2.24) is 10.3 Å². The highest BCUT2D eigenvalue weighted by Gasteiger charge is 2.13. The van der Waals surface area contributed by atoms with Gasteiger partial charge in [0.15, 0.2) is 0 Å². The van der Waals surface area contributed by atoms with Crippen LogP contribution in [0, 0.1) is 0 Å². The van der Waals surface area contributed by atoms with E-state index in [2.05, 4.69) is 41.2 Å². The molecule has 0 aliphatic rings. The van der Waals surface area contributed by atoms with Gasteiger partial charge in [-0.25, -0.2) is 4.98 Å². The maximum Gasteiger partial charge on any atom is 0.128 e. The number of hydrogen-bond acceptors (Lipinski definition) is 5. The zero-order valence-electron chi connectivity index (χ0n) is 13.8. The highest BCUT2D eigenvalue weighted by Crippen LogP contribution is 2.16. The topological polar surface area (TPSA) is 46.6 Å². The fourth-order valence-electron chi connectivity index (χ4n) is 2.07. The molecule has 1 aromatic heterocycles. The summed E-state index contributed by atoms with van der Waals surface area (Å²) in [5.74, 6) is 1.02. The number of nitrogens with zero attached hydrogens (tertiary/aromatic N) is 2. The number of anilines is 1. The second-order valence-corrected chi connectivity index (χ2v) is 5.14. The highest BCUT2D eigenvalue weighted by molar-refractivity contribution is 5.40. The van der Waals surface area contributed by atoms with E-state index in [1.165, 1.54) is 5.56 Å². The second kappa shape index (κ2) is 10.5. The molecule has 0 aliphatic heterocycles. The van der Waals surface area contributed by atoms with Crippen molar-refractivity contribution in [3.05, 3.63) is 23.9 Å². The standard InChI is InChI=1S/C16H29N3O2/c1-5-14(2)19(9-11-21-4)16-7-6-15(13-18-16)12-17-8-10-20-3/h6-7,13-14,17H,5,8-12H2,1-4H3. The summed E-state index contributed by atoms with van der Waals surface area (Å²) in [5.41, 5.74) is 1.19. The monoisotopic (exact) mass is 295 g/mol. The number of rotatable bonds is 11. The Morgan fingerprint density at radius 2 is 2.00 bits per heavy atom. The minimum atomic E-state index is 0.457. The molecule has 0 saturated carbocycles. The van der Waals surface area contributed by atoms with Crippen LogP contribution in [0.5, 0.6) is 0 Å². The summed E-state index contributed by atoms with van der Waals surface area (Å²) >= 11 is 0. The van der Waals surface area contributed by atoms with E-state index in [-0.39, 0.29) is 0 Å². The number of hydrogen-bond donors (Lipinski definition) is 1. The Balaban J connectivity index is 2.59. The van der Waals surface area contributed by atoms with E-state index in [4.69, 9.17) is 9.47 Å². The molecule has 0 fully saturated rings. The first-order valence-electron chi connectivity index (χ1n) is 7.63. The zero-order valence-corrected chi connectivity index (χ0v) is 13.8. The van der Waals surface area contributed by atoms with Gasteiger partial charge >= 0.3 is 0 Å². The normalized spacial score (nSPS) is 12.4. The van der Waals surface area contributed by atoms with Crippen LogP contribution < -0.4 is 10.2 Å². The fourth-order valence-corrected chi connectivity index (χ4v) is 2.07. The summed E-state index contributed by atoms with van der Waals surface area (Å²) in [6, 6.07) is 4.68. The van der Waals surface area contributed by atoms with Crippen molar-refractivity contribution in [2.24, 2.45) is 0 Å². The van der Waals surface area contributed by atoms with Gasteiger partial charge in [0, 0.05) is 46.1 Å². The Labute approximate surface area is 128 Å². The molecule has 0 aliphatic carbocycles. The van der Waals surface area contributed by atoms with E-state index >= 15 is 0 Å². The smallest absolute Gasteiger partial charge is 0.128 e. The van der Waals surface area contributed by atoms with Crippen LogP contribution in [0.25, 0.3) is 0 Å². The lowest BCUT2D eigenvalue weighted by molar-refractivity contribution is 0.199. The first-order valence-corrected chi connectivity index (χ1v) is 7.63. The Kier molecular flexibility index (Phi) is 8.98. The molecule has 1 N–H and O–H groups in total. The molecule has 0 bridgehead atoms. The molecule has 1 rings (SSSR count). The van der Waals surface area contributed by atoms with Crippen LogP contribution in [0.15, 0.2) is 18.3 Å². The van der Waals surface area contributed by atoms with Crippen molar-refractivity contribution in [1.29, 1.82) is 0 Å². The van der Waals surface area contributed by atoms with Crippen molar-refractivity contribution in [3.8, 4) is 0 Å². The highest BCUT2D eigenvalue weighted by atomic mass is 16.5. The van der Waals surface area contributed by atoms with Crippen LogP contribution >= 0.6 is 0 Å². The molecule has 0 amide bonds. The molecular formula is C16H29N3O2. The molecule has 1 heterocycles. The molecule has 5 nitrogen and oxygen atoms in total. The second-order valence-electron chi connectivity index (χ2n) is 5.14. The first-order chi connectivity index (χ1) is 10.2. The van der Waals surface area contributed by atoms with E-state index in [9.17, 15) is 0 Å². The molecule has 0 spiro atoms. The number of pyridine rings is 1. The van der Waals surface area contributed by atoms with Crippen LogP contribution in [0.2, 0.25) is 0 Å². The summed E-state index contributed by atoms with van der Waals surface area (Å²) in [4.78, 5) is 6.90. The van der Waals surface area contributed by atoms with Crippen molar-refractivity contribution in [2.45, 2.75) is 32.9 Å². The molecular weight excluding hydrogens is 266 g/mol. The summed E-state index contributed by atoms with van der Waals surface area (Å²) in [7, 11) is 3.44. The van der Waals surface area contributed by atoms with E-state index in [1.54, 1.807) is 14.2 Å². The average Bonchev–Trinajstić information content (AvgIpc) is 2.53. The summed E-state index contributed by atoms with van der Waals surface area (Å²) in [6.07, 6.45) is 3.03. The Bertz CT molecular complexity index is 370. The zero-order chi connectivity index (χ0) is 15.5. The lowest BCUT2D eigenvalue weighted by Crippen LogP contribution is -2.36. The van der Waals surface area contributed by atoms with Crippen LogP contribution in [0.3, 0.4) is 0 Å². The van der Waals surface area contributed by atoms with Gasteiger partial charge in [-0.05, 0) is 25.0 Å². The van der Waals surface area contributed by atoms with E-state index in [1.807, 2.05) is 6.20 Å². The van der Waals surface area contributed by atoms with Crippen LogP contribution in [0.1, 0.15) is 25.8 Å². The number of methoxy groups -OCH3 is 2. The predicted octanol–water partition coefficient (Wildman–Crippen LogP) is 2.07. The molecule has 5 heteroatoms. The maximum absolute atomic E-state index is 5.20. The van der Waals surface area contributed by atoms with Gasteiger partial charge in [-0.2, -0.15) is 0 Å². The first kappa shape index (κ1) is 17.9. The van der Waals surface area contributed by atoms with Crippen molar-refractivity contribution in [3.63, 3.8) is 0 Å². The molecule has 1 atom stereocenters. The van der Waals surface area contributed by atoms with Crippen molar-refractivity contribution < 1.29 is 9.47 Å². The van der Waals surface area contributed by atoms with Gasteiger partial charge in [0.1, 0.15) is 5.82 Å². The largest absolute Gasteiger partial charge is 0.383 e. The van der Waals surface area contributed by atoms with E-state index in [0.29, 0.717) is 12.6 Å². The minimum Gasteiger partial charge on any atom is -0.383 e. The lowest BCUT2D eigenvalue weighted by atomic mass is 10.2. The van der Waals surface area contributed by atoms with Crippen LogP contribution in [-0.4, -0.2) is 51.5 Å². The Hall–Kier alpha value is -1.17. The van der Waals surface area contributed by atoms with Gasteiger partial charge in [-0.3, -0.25) is 0 Å². The van der Waals surface area contributed by atoms with Crippen molar-refractivity contribution >= 4 is 5.82 Å². The third-order valence-corrected chi connectivity index (χ3v) is 3.57. The number of ether oxygens (including phenoxy) is 2. The third kappa shape index (κ3) is 6.42. The van der Waals surface area contributed by atoms with E-state index < -0.39 is 0 Å². The molecule has 0 radical (unpaired) electrons. The predicted molar refractivity (Wildman–Crippen MR) is 86.8 cm³/mol. The molecule has 120 valence electrons. The summed E-state index contributed by atoms with van der Waals surface area (Å²) in [6.45, 7) is 8.39. The van der Waals surface area contributed by atoms with Gasteiger partial charge < -0.3 is 19.7 Å². The third-order valence-electron chi connectivity index (χ3n) is 3.57. The number of aromatic nitrogens is 1. The summed E-state index contributed by atoms with van der Waals surface area (Å²) < 4.78 is 10.2. The molecule has 21 heavy (non-hydrogen) atoms. The molecule has 1 aromatic rings. The van der Waals surface area contributed by atoms with Gasteiger partial charge in [-0.1, -0.05) is 13.0 Å². The Morgan fingerprint density at radius 1 is 1.24 bits per heavy atom. The molecule has 1 unspecified atom stereocenters. The fraction of sp³-hybridized carbons (Fsp3) is 0.688. The molecule has 0 saturated heterocycles. The van der Waals surface area contributed by atoms with Gasteiger partial charge in [0.25, 0.3) is 0 Å². The minimum absolute atomic E-state index is 0.457. The lowest BCUT2D eigenvalue weighted by Gasteiger charge is -2.29.